The number of nitrogens with one attached hydrogen (secondary N) is 2. The van der Waals surface area contributed by atoms with E-state index in [9.17, 15) is 14.4 Å². The number of halogens is 2. The molecule has 0 fully saturated rings. The molecule has 174 valence electrons. The number of amides is 3. The van der Waals surface area contributed by atoms with E-state index in [0.29, 0.717) is 34.1 Å². The Balaban J connectivity index is 1.93. The lowest BCUT2D eigenvalue weighted by atomic mass is 9.94. The first kappa shape index (κ1) is 24.6. The second kappa shape index (κ2) is 10.7. The highest BCUT2D eigenvalue weighted by atomic mass is 35.5. The van der Waals surface area contributed by atoms with Crippen molar-refractivity contribution in [2.75, 3.05) is 19.0 Å². The van der Waals surface area contributed by atoms with Crippen LogP contribution in [0.15, 0.2) is 53.7 Å². The highest BCUT2D eigenvalue weighted by molar-refractivity contribution is 6.37. The number of nitrogens with zero attached hydrogens (tertiary/aromatic N) is 1. The molecule has 0 aromatic heterocycles. The van der Waals surface area contributed by atoms with Crippen LogP contribution in [0.4, 0.5) is 10.5 Å². The van der Waals surface area contributed by atoms with Crippen molar-refractivity contribution in [2.24, 2.45) is 0 Å². The van der Waals surface area contributed by atoms with E-state index in [4.69, 9.17) is 27.9 Å². The molecule has 0 aliphatic carbocycles. The first-order chi connectivity index (χ1) is 15.8. The van der Waals surface area contributed by atoms with Crippen LogP contribution in [-0.2, 0) is 9.53 Å². The van der Waals surface area contributed by atoms with Gasteiger partial charge in [0.25, 0.3) is 5.91 Å². The van der Waals surface area contributed by atoms with Crippen LogP contribution in [0.25, 0.3) is 0 Å². The average molecular weight is 490 g/mol. The Morgan fingerprint density at radius 2 is 1.94 bits per heavy atom. The van der Waals surface area contributed by atoms with Crippen molar-refractivity contribution in [2.45, 2.75) is 32.7 Å². The third-order valence-electron chi connectivity index (χ3n) is 5.39. The molecule has 0 saturated carbocycles. The predicted molar refractivity (Wildman–Crippen MR) is 128 cm³/mol. The van der Waals surface area contributed by atoms with Gasteiger partial charge in [0.1, 0.15) is 0 Å². The lowest BCUT2D eigenvalue weighted by Crippen LogP contribution is -2.48. The second-order valence-corrected chi connectivity index (χ2v) is 8.43. The summed E-state index contributed by atoms with van der Waals surface area (Å²) in [6.07, 6.45) is 1.71. The number of benzene rings is 2. The summed E-state index contributed by atoms with van der Waals surface area (Å²) >= 11 is 12.0. The van der Waals surface area contributed by atoms with Gasteiger partial charge in [-0.05, 0) is 49.2 Å². The van der Waals surface area contributed by atoms with Gasteiger partial charge in [0.15, 0.2) is 0 Å². The SMILES string of the molecule is CCCCN1C(=O)N[C@@H](c2cccc(NC(=O)c3ccc(Cl)cc3Cl)c2)C(C(=O)OC)=C1C. The molecule has 0 bridgehead atoms. The molecule has 1 atom stereocenters. The van der Waals surface area contributed by atoms with Crippen LogP contribution in [0.5, 0.6) is 0 Å². The van der Waals surface area contributed by atoms with E-state index in [1.54, 1.807) is 42.2 Å². The smallest absolute Gasteiger partial charge is 0.337 e. The quantitative estimate of drug-likeness (QED) is 0.498. The average Bonchev–Trinajstić information content (AvgIpc) is 2.78. The Morgan fingerprint density at radius 1 is 1.18 bits per heavy atom. The van der Waals surface area contributed by atoms with E-state index in [1.165, 1.54) is 19.2 Å². The third kappa shape index (κ3) is 5.49. The number of esters is 1. The van der Waals surface area contributed by atoms with Gasteiger partial charge in [-0.3, -0.25) is 9.69 Å². The Hall–Kier alpha value is -3.03. The van der Waals surface area contributed by atoms with Crippen molar-refractivity contribution < 1.29 is 19.1 Å². The number of methoxy groups -OCH3 is 1. The highest BCUT2D eigenvalue weighted by Crippen LogP contribution is 2.32. The molecule has 7 nitrogen and oxygen atoms in total. The third-order valence-corrected chi connectivity index (χ3v) is 5.94. The highest BCUT2D eigenvalue weighted by Gasteiger charge is 2.36. The number of allylic oxidation sites excluding steroid dienone is 1. The van der Waals surface area contributed by atoms with E-state index in [-0.39, 0.29) is 16.6 Å². The van der Waals surface area contributed by atoms with E-state index < -0.39 is 17.9 Å². The molecule has 0 spiro atoms. The zero-order valence-corrected chi connectivity index (χ0v) is 20.1. The van der Waals surface area contributed by atoms with Crippen molar-refractivity contribution in [3.8, 4) is 0 Å². The fraction of sp³-hybridized carbons (Fsp3) is 0.292. The number of hydrogen-bond donors (Lipinski definition) is 2. The van der Waals surface area contributed by atoms with Gasteiger partial charge in [-0.15, -0.1) is 0 Å². The molecule has 9 heteroatoms. The van der Waals surface area contributed by atoms with E-state index in [2.05, 4.69) is 10.6 Å². The van der Waals surface area contributed by atoms with Crippen LogP contribution in [0.2, 0.25) is 10.0 Å². The summed E-state index contributed by atoms with van der Waals surface area (Å²) in [6.45, 7) is 4.27. The number of carbonyl (C=O) groups is 3. The molecule has 2 aromatic rings. The molecule has 3 amide bonds. The lowest BCUT2D eigenvalue weighted by molar-refractivity contribution is -0.136. The molecular weight excluding hydrogens is 465 g/mol. The van der Waals surface area contributed by atoms with Crippen LogP contribution in [-0.4, -0.2) is 36.5 Å². The molecule has 3 rings (SSSR count). The molecule has 0 radical (unpaired) electrons. The zero-order chi connectivity index (χ0) is 24.1. The minimum Gasteiger partial charge on any atom is -0.466 e. The van der Waals surface area contributed by atoms with Crippen LogP contribution >= 0.6 is 23.2 Å². The molecule has 0 saturated heterocycles. The standard InChI is InChI=1S/C24H25Cl2N3O4/c1-4-5-11-29-14(2)20(23(31)33-3)21(28-24(29)32)15-7-6-8-17(12-15)27-22(30)18-10-9-16(25)13-19(18)26/h6-10,12-13,21H,4-5,11H2,1-3H3,(H,27,30)(H,28,32)/t21-/m0/s1. The van der Waals surface area contributed by atoms with E-state index in [1.807, 2.05) is 6.92 Å². The number of anilines is 1. The van der Waals surface area contributed by atoms with E-state index >= 15 is 0 Å². The van der Waals surface area contributed by atoms with Gasteiger partial charge in [-0.2, -0.15) is 0 Å². The van der Waals surface area contributed by atoms with Gasteiger partial charge in [-0.1, -0.05) is 48.7 Å². The Morgan fingerprint density at radius 3 is 2.61 bits per heavy atom. The molecule has 2 N–H and O–H groups in total. The predicted octanol–water partition coefficient (Wildman–Crippen LogP) is 5.56. The summed E-state index contributed by atoms with van der Waals surface area (Å²) in [6, 6.07) is 10.5. The number of hydrogen-bond acceptors (Lipinski definition) is 4. The van der Waals surface area contributed by atoms with Crippen LogP contribution in [0, 0.1) is 0 Å². The summed E-state index contributed by atoms with van der Waals surface area (Å²) in [7, 11) is 1.30. The van der Waals surface area contributed by atoms with Gasteiger partial charge >= 0.3 is 12.0 Å². The van der Waals surface area contributed by atoms with Crippen LogP contribution in [0.1, 0.15) is 48.7 Å². The van der Waals surface area contributed by atoms with Gasteiger partial charge in [0.05, 0.1) is 29.3 Å². The van der Waals surface area contributed by atoms with Gasteiger partial charge in [0, 0.05) is 23.0 Å². The van der Waals surface area contributed by atoms with Crippen molar-refractivity contribution in [3.63, 3.8) is 0 Å². The Kier molecular flexibility index (Phi) is 8.00. The maximum Gasteiger partial charge on any atom is 0.337 e. The number of carbonyl (C=O) groups excluding carboxylic acids is 3. The first-order valence-corrected chi connectivity index (χ1v) is 11.3. The fourth-order valence-electron chi connectivity index (χ4n) is 3.66. The molecule has 33 heavy (non-hydrogen) atoms. The maximum absolute atomic E-state index is 12.8. The molecule has 0 unspecified atom stereocenters. The van der Waals surface area contributed by atoms with Crippen molar-refractivity contribution >= 4 is 46.8 Å². The summed E-state index contributed by atoms with van der Waals surface area (Å²) in [4.78, 5) is 39.7. The first-order valence-electron chi connectivity index (χ1n) is 10.5. The fourth-order valence-corrected chi connectivity index (χ4v) is 4.15. The van der Waals surface area contributed by atoms with Crippen molar-refractivity contribution in [1.82, 2.24) is 10.2 Å². The van der Waals surface area contributed by atoms with Gasteiger partial charge in [-0.25, -0.2) is 9.59 Å². The molecular formula is C24H25Cl2N3O4. The van der Waals surface area contributed by atoms with Crippen LogP contribution in [0.3, 0.4) is 0 Å². The second-order valence-electron chi connectivity index (χ2n) is 7.58. The number of ether oxygens (including phenoxy) is 1. The Labute approximate surface area is 202 Å². The Bertz CT molecular complexity index is 1120. The maximum atomic E-state index is 12.8. The molecule has 1 aliphatic heterocycles. The summed E-state index contributed by atoms with van der Waals surface area (Å²) < 4.78 is 5.01. The monoisotopic (exact) mass is 489 g/mol. The largest absolute Gasteiger partial charge is 0.466 e. The number of unbranched alkanes of at least 4 members (excludes halogenated alkanes) is 1. The van der Waals surface area contributed by atoms with Crippen molar-refractivity contribution in [1.29, 1.82) is 0 Å². The minimum absolute atomic E-state index is 0.231. The molecule has 2 aromatic carbocycles. The minimum atomic E-state index is -0.723. The topological polar surface area (TPSA) is 87.7 Å². The van der Waals surface area contributed by atoms with Gasteiger partial charge in [0.2, 0.25) is 0 Å². The van der Waals surface area contributed by atoms with Crippen molar-refractivity contribution in [3.05, 3.63) is 74.9 Å². The zero-order valence-electron chi connectivity index (χ0n) is 18.6. The van der Waals surface area contributed by atoms with Crippen LogP contribution < -0.4 is 10.6 Å². The normalized spacial score (nSPS) is 15.8. The molecule has 1 heterocycles. The summed E-state index contributed by atoms with van der Waals surface area (Å²) in [5.41, 5.74) is 2.27. The number of rotatable bonds is 7. The lowest BCUT2D eigenvalue weighted by Gasteiger charge is -2.35. The summed E-state index contributed by atoms with van der Waals surface area (Å²) in [5, 5.41) is 6.35. The summed E-state index contributed by atoms with van der Waals surface area (Å²) in [5.74, 6) is -0.937. The van der Waals surface area contributed by atoms with E-state index in [0.717, 1.165) is 12.8 Å². The van der Waals surface area contributed by atoms with Gasteiger partial charge < -0.3 is 15.4 Å². The number of urea groups is 1. The molecule has 1 aliphatic rings.